The van der Waals surface area contributed by atoms with Crippen LogP contribution in [0.25, 0.3) is 11.4 Å². The molecule has 0 saturated carbocycles. The van der Waals surface area contributed by atoms with Crippen LogP contribution in [0.2, 0.25) is 0 Å². The number of nitrogens with one attached hydrogen (secondary N) is 1. The zero-order valence-corrected chi connectivity index (χ0v) is 12.5. The largest absolute Gasteiger partial charge is 0.358 e. The molecule has 1 amide bonds. The molecule has 0 unspecified atom stereocenters. The van der Waals surface area contributed by atoms with E-state index < -0.39 is 0 Å². The summed E-state index contributed by atoms with van der Waals surface area (Å²) in [6, 6.07) is 7.61. The summed E-state index contributed by atoms with van der Waals surface area (Å²) in [7, 11) is 1.59. The molecular formula is C11H12BrN5OS. The van der Waals surface area contributed by atoms with Crippen LogP contribution in [-0.2, 0) is 4.79 Å². The van der Waals surface area contributed by atoms with E-state index in [9.17, 15) is 4.79 Å². The number of nitrogen functional groups attached to an aromatic ring is 1. The maximum atomic E-state index is 11.2. The molecule has 2 aromatic rings. The van der Waals surface area contributed by atoms with Gasteiger partial charge in [-0.15, -0.1) is 10.2 Å². The highest BCUT2D eigenvalue weighted by atomic mass is 79.9. The van der Waals surface area contributed by atoms with Gasteiger partial charge in [-0.2, -0.15) is 0 Å². The summed E-state index contributed by atoms with van der Waals surface area (Å²) in [6.07, 6.45) is 0. The maximum absolute atomic E-state index is 11.2. The summed E-state index contributed by atoms with van der Waals surface area (Å²) in [5, 5.41) is 11.1. The first-order valence-corrected chi connectivity index (χ1v) is 7.19. The first-order chi connectivity index (χ1) is 9.11. The van der Waals surface area contributed by atoms with Crippen LogP contribution >= 0.6 is 27.7 Å². The van der Waals surface area contributed by atoms with E-state index in [0.29, 0.717) is 11.0 Å². The second-order valence-corrected chi connectivity index (χ2v) is 5.51. The van der Waals surface area contributed by atoms with Crippen molar-refractivity contribution < 1.29 is 4.79 Å². The minimum absolute atomic E-state index is 0.0861. The molecule has 0 saturated heterocycles. The highest BCUT2D eigenvalue weighted by molar-refractivity contribution is 9.10. The van der Waals surface area contributed by atoms with Crippen molar-refractivity contribution >= 4 is 33.6 Å². The first-order valence-electron chi connectivity index (χ1n) is 5.41. The third-order valence-corrected chi connectivity index (χ3v) is 3.79. The molecule has 0 aliphatic rings. The standard InChI is InChI=1S/C11H12BrN5OS/c1-14-9(18)6-19-11-16-15-10(17(11)13)7-3-2-4-8(12)5-7/h2-5H,6,13H2,1H3,(H,14,18). The SMILES string of the molecule is CNC(=O)CSc1nnc(-c2cccc(Br)c2)n1N. The van der Waals surface area contributed by atoms with Crippen molar-refractivity contribution in [2.45, 2.75) is 5.16 Å². The zero-order valence-electron chi connectivity index (χ0n) is 10.1. The quantitative estimate of drug-likeness (QED) is 0.645. The molecule has 6 nitrogen and oxygen atoms in total. The minimum Gasteiger partial charge on any atom is -0.358 e. The van der Waals surface area contributed by atoms with Crippen molar-refractivity contribution in [1.29, 1.82) is 0 Å². The van der Waals surface area contributed by atoms with Crippen LogP contribution in [0.15, 0.2) is 33.9 Å². The lowest BCUT2D eigenvalue weighted by atomic mass is 10.2. The van der Waals surface area contributed by atoms with Gasteiger partial charge >= 0.3 is 0 Å². The molecule has 0 atom stereocenters. The Labute approximate surface area is 122 Å². The number of carbonyl (C=O) groups is 1. The fraction of sp³-hybridized carbons (Fsp3) is 0.182. The molecule has 1 aromatic heterocycles. The van der Waals surface area contributed by atoms with Gasteiger partial charge in [-0.3, -0.25) is 4.79 Å². The van der Waals surface area contributed by atoms with Gasteiger partial charge in [-0.1, -0.05) is 39.8 Å². The van der Waals surface area contributed by atoms with Gasteiger partial charge in [0, 0.05) is 17.1 Å². The van der Waals surface area contributed by atoms with Crippen molar-refractivity contribution in [1.82, 2.24) is 20.2 Å². The average molecular weight is 342 g/mol. The molecule has 0 aliphatic heterocycles. The van der Waals surface area contributed by atoms with Crippen LogP contribution in [0, 0.1) is 0 Å². The van der Waals surface area contributed by atoms with E-state index in [0.717, 1.165) is 10.0 Å². The Hall–Kier alpha value is -1.54. The van der Waals surface area contributed by atoms with E-state index in [2.05, 4.69) is 31.4 Å². The number of nitrogens with two attached hydrogens (primary N) is 1. The van der Waals surface area contributed by atoms with Crippen LogP contribution in [0.4, 0.5) is 0 Å². The van der Waals surface area contributed by atoms with E-state index >= 15 is 0 Å². The lowest BCUT2D eigenvalue weighted by Gasteiger charge is -2.03. The van der Waals surface area contributed by atoms with Crippen LogP contribution < -0.4 is 11.2 Å². The predicted octanol–water partition coefficient (Wildman–Crippen LogP) is 1.26. The summed E-state index contributed by atoms with van der Waals surface area (Å²) in [5.41, 5.74) is 0.858. The topological polar surface area (TPSA) is 85.8 Å². The fourth-order valence-electron chi connectivity index (χ4n) is 1.40. The summed E-state index contributed by atoms with van der Waals surface area (Å²) < 4.78 is 2.32. The van der Waals surface area contributed by atoms with Gasteiger partial charge in [-0.25, -0.2) is 4.68 Å². The third-order valence-electron chi connectivity index (χ3n) is 2.36. The molecule has 19 heavy (non-hydrogen) atoms. The van der Waals surface area contributed by atoms with Crippen molar-refractivity contribution in [2.75, 3.05) is 18.6 Å². The highest BCUT2D eigenvalue weighted by Gasteiger charge is 2.13. The lowest BCUT2D eigenvalue weighted by Crippen LogP contribution is -2.20. The average Bonchev–Trinajstić information content (AvgIpc) is 2.77. The van der Waals surface area contributed by atoms with Gasteiger partial charge < -0.3 is 11.2 Å². The van der Waals surface area contributed by atoms with Crippen molar-refractivity contribution in [3.63, 3.8) is 0 Å². The Balaban J connectivity index is 2.21. The molecule has 0 spiro atoms. The van der Waals surface area contributed by atoms with Crippen LogP contribution in [0.5, 0.6) is 0 Å². The summed E-state index contributed by atoms with van der Waals surface area (Å²) in [6.45, 7) is 0. The van der Waals surface area contributed by atoms with Gasteiger partial charge in [0.15, 0.2) is 5.82 Å². The van der Waals surface area contributed by atoms with Crippen LogP contribution in [0.3, 0.4) is 0 Å². The van der Waals surface area contributed by atoms with Crippen molar-refractivity contribution in [2.24, 2.45) is 0 Å². The number of halogens is 1. The summed E-state index contributed by atoms with van der Waals surface area (Å²) in [4.78, 5) is 11.2. The molecule has 0 bridgehead atoms. The van der Waals surface area contributed by atoms with Crippen molar-refractivity contribution in [3.8, 4) is 11.4 Å². The number of carbonyl (C=O) groups excluding carboxylic acids is 1. The third kappa shape index (κ3) is 3.27. The smallest absolute Gasteiger partial charge is 0.230 e. The summed E-state index contributed by atoms with van der Waals surface area (Å²) in [5.74, 6) is 6.66. The number of thioether (sulfide) groups is 1. The Bertz CT molecular complexity index is 601. The van der Waals surface area contributed by atoms with Gasteiger partial charge in [0.05, 0.1) is 5.75 Å². The fourth-order valence-corrected chi connectivity index (χ4v) is 2.53. The predicted molar refractivity (Wildman–Crippen MR) is 78.1 cm³/mol. The minimum atomic E-state index is -0.0861. The summed E-state index contributed by atoms with van der Waals surface area (Å²) >= 11 is 4.63. The number of amides is 1. The van der Waals surface area contributed by atoms with Gasteiger partial charge in [0.2, 0.25) is 11.1 Å². The van der Waals surface area contributed by atoms with Gasteiger partial charge in [0.25, 0.3) is 0 Å². The molecule has 100 valence electrons. The second-order valence-electron chi connectivity index (χ2n) is 3.65. The van der Waals surface area contributed by atoms with E-state index in [1.54, 1.807) is 7.05 Å². The molecule has 0 fully saturated rings. The normalized spacial score (nSPS) is 10.4. The monoisotopic (exact) mass is 341 g/mol. The molecule has 1 aromatic carbocycles. The second kappa shape index (κ2) is 6.07. The number of hydrogen-bond donors (Lipinski definition) is 2. The highest BCUT2D eigenvalue weighted by Crippen LogP contribution is 2.23. The van der Waals surface area contributed by atoms with E-state index in [-0.39, 0.29) is 11.7 Å². The number of aromatic nitrogens is 3. The molecule has 8 heteroatoms. The van der Waals surface area contributed by atoms with E-state index in [1.807, 2.05) is 24.3 Å². The molecule has 0 aliphatic carbocycles. The number of benzene rings is 1. The molecular weight excluding hydrogens is 330 g/mol. The first kappa shape index (κ1) is 13.9. The molecule has 1 heterocycles. The number of rotatable bonds is 4. The van der Waals surface area contributed by atoms with E-state index in [4.69, 9.17) is 5.84 Å². The Kier molecular flexibility index (Phi) is 4.43. The maximum Gasteiger partial charge on any atom is 0.230 e. The number of hydrogen-bond acceptors (Lipinski definition) is 5. The zero-order chi connectivity index (χ0) is 13.8. The van der Waals surface area contributed by atoms with Crippen LogP contribution in [-0.4, -0.2) is 33.6 Å². The van der Waals surface area contributed by atoms with E-state index in [1.165, 1.54) is 16.4 Å². The number of nitrogens with zero attached hydrogens (tertiary/aromatic N) is 3. The Morgan fingerprint density at radius 2 is 2.32 bits per heavy atom. The molecule has 2 rings (SSSR count). The van der Waals surface area contributed by atoms with Gasteiger partial charge in [0.1, 0.15) is 0 Å². The molecule has 3 N–H and O–H groups in total. The lowest BCUT2D eigenvalue weighted by molar-refractivity contribution is -0.118. The Morgan fingerprint density at radius 1 is 1.53 bits per heavy atom. The molecule has 0 radical (unpaired) electrons. The van der Waals surface area contributed by atoms with Crippen molar-refractivity contribution in [3.05, 3.63) is 28.7 Å². The Morgan fingerprint density at radius 3 is 3.00 bits per heavy atom. The van der Waals surface area contributed by atoms with Gasteiger partial charge in [-0.05, 0) is 12.1 Å². The van der Waals surface area contributed by atoms with Crippen LogP contribution in [0.1, 0.15) is 0 Å².